The van der Waals surface area contributed by atoms with Gasteiger partial charge in [0.25, 0.3) is 5.56 Å². The molecule has 160 valence electrons. The molecule has 1 aromatic carbocycles. The van der Waals surface area contributed by atoms with Crippen LogP contribution < -0.4 is 10.9 Å². The molecular formula is C23H29FN4O2. The number of aryl methyl sites for hydroxylation is 3. The second kappa shape index (κ2) is 8.81. The molecule has 1 N–H and O–H groups in total. The molecule has 3 rings (SSSR count). The van der Waals surface area contributed by atoms with Gasteiger partial charge in [-0.05, 0) is 56.4 Å². The summed E-state index contributed by atoms with van der Waals surface area (Å²) < 4.78 is 16.9. The summed E-state index contributed by atoms with van der Waals surface area (Å²) in [5.41, 5.74) is 3.21. The Hall–Kier alpha value is -2.96. The summed E-state index contributed by atoms with van der Waals surface area (Å²) in [7, 11) is 1.69. The van der Waals surface area contributed by atoms with Crippen LogP contribution >= 0.6 is 0 Å². The van der Waals surface area contributed by atoms with Crippen LogP contribution in [0.3, 0.4) is 0 Å². The number of fused-ring (bicyclic) bond motifs is 1. The van der Waals surface area contributed by atoms with Crippen molar-refractivity contribution in [2.45, 2.75) is 47.0 Å². The SMILES string of the molecule is Cc1nn(-c2cccc(F)c2)c2c1c(C)c(CCC(=O)NCCC(C)C)c(=O)n2C. The van der Waals surface area contributed by atoms with Crippen LogP contribution in [0.5, 0.6) is 0 Å². The minimum absolute atomic E-state index is 0.0515. The van der Waals surface area contributed by atoms with Crippen molar-refractivity contribution in [1.82, 2.24) is 19.7 Å². The molecule has 3 aromatic rings. The fraction of sp³-hybridized carbons (Fsp3) is 0.435. The number of nitrogens with zero attached hydrogens (tertiary/aromatic N) is 3. The lowest BCUT2D eigenvalue weighted by Gasteiger charge is -2.13. The van der Waals surface area contributed by atoms with E-state index in [0.29, 0.717) is 35.8 Å². The first-order valence-corrected chi connectivity index (χ1v) is 10.3. The van der Waals surface area contributed by atoms with Gasteiger partial charge >= 0.3 is 0 Å². The van der Waals surface area contributed by atoms with E-state index in [1.165, 1.54) is 12.1 Å². The van der Waals surface area contributed by atoms with E-state index in [-0.39, 0.29) is 23.7 Å². The topological polar surface area (TPSA) is 68.9 Å². The summed E-state index contributed by atoms with van der Waals surface area (Å²) in [5, 5.41) is 8.34. The molecule has 0 spiro atoms. The van der Waals surface area contributed by atoms with E-state index < -0.39 is 0 Å². The van der Waals surface area contributed by atoms with Crippen molar-refractivity contribution in [3.8, 4) is 5.69 Å². The van der Waals surface area contributed by atoms with E-state index in [4.69, 9.17) is 0 Å². The lowest BCUT2D eigenvalue weighted by molar-refractivity contribution is -0.121. The molecule has 1 amide bonds. The number of benzene rings is 1. The number of rotatable bonds is 7. The molecule has 2 heterocycles. The van der Waals surface area contributed by atoms with Gasteiger partial charge in [-0.3, -0.25) is 14.2 Å². The third-order valence-electron chi connectivity index (χ3n) is 5.44. The molecule has 0 aliphatic heterocycles. The number of hydrogen-bond acceptors (Lipinski definition) is 3. The number of nitrogens with one attached hydrogen (secondary N) is 1. The summed E-state index contributed by atoms with van der Waals surface area (Å²) in [4.78, 5) is 25.3. The zero-order chi connectivity index (χ0) is 22.0. The van der Waals surface area contributed by atoms with Crippen LogP contribution in [-0.4, -0.2) is 26.8 Å². The molecule has 0 bridgehead atoms. The van der Waals surface area contributed by atoms with Gasteiger partial charge in [-0.2, -0.15) is 5.10 Å². The normalized spacial score (nSPS) is 11.4. The molecule has 6 nitrogen and oxygen atoms in total. The largest absolute Gasteiger partial charge is 0.356 e. The highest BCUT2D eigenvalue weighted by molar-refractivity contribution is 5.85. The second-order valence-electron chi connectivity index (χ2n) is 8.18. The molecule has 0 aliphatic rings. The number of carbonyl (C=O) groups is 1. The number of halogens is 1. The van der Waals surface area contributed by atoms with E-state index in [9.17, 15) is 14.0 Å². The first-order valence-electron chi connectivity index (χ1n) is 10.3. The van der Waals surface area contributed by atoms with Crippen LogP contribution in [0.25, 0.3) is 16.7 Å². The maximum Gasteiger partial charge on any atom is 0.255 e. The predicted molar refractivity (Wildman–Crippen MR) is 117 cm³/mol. The Labute approximate surface area is 175 Å². The van der Waals surface area contributed by atoms with Gasteiger partial charge in [0.15, 0.2) is 0 Å². The number of carbonyl (C=O) groups excluding carboxylic acids is 1. The maximum atomic E-state index is 13.7. The Morgan fingerprint density at radius 2 is 2.00 bits per heavy atom. The third kappa shape index (κ3) is 4.30. The molecule has 0 aliphatic carbocycles. The molecule has 0 atom stereocenters. The van der Waals surface area contributed by atoms with Gasteiger partial charge < -0.3 is 5.32 Å². The summed E-state index contributed by atoms with van der Waals surface area (Å²) in [6.45, 7) is 8.63. The number of amides is 1. The number of aromatic nitrogens is 3. The third-order valence-corrected chi connectivity index (χ3v) is 5.44. The van der Waals surface area contributed by atoms with Crippen molar-refractivity contribution in [3.63, 3.8) is 0 Å². The Kier molecular flexibility index (Phi) is 6.39. The maximum absolute atomic E-state index is 13.7. The Morgan fingerprint density at radius 3 is 2.67 bits per heavy atom. The van der Waals surface area contributed by atoms with Crippen molar-refractivity contribution in [3.05, 3.63) is 57.3 Å². The first kappa shape index (κ1) is 21.7. The fourth-order valence-corrected chi connectivity index (χ4v) is 3.78. The van der Waals surface area contributed by atoms with Crippen LogP contribution in [0, 0.1) is 25.6 Å². The number of pyridine rings is 1. The van der Waals surface area contributed by atoms with E-state index in [1.54, 1.807) is 28.4 Å². The van der Waals surface area contributed by atoms with E-state index in [0.717, 1.165) is 23.1 Å². The first-order chi connectivity index (χ1) is 14.2. The Balaban J connectivity index is 1.96. The molecule has 0 saturated carbocycles. The summed E-state index contributed by atoms with van der Waals surface area (Å²) in [6, 6.07) is 6.13. The van der Waals surface area contributed by atoms with Gasteiger partial charge in [0.05, 0.1) is 11.4 Å². The lowest BCUT2D eigenvalue weighted by Crippen LogP contribution is -2.28. The smallest absolute Gasteiger partial charge is 0.255 e. The molecule has 0 saturated heterocycles. The van der Waals surface area contributed by atoms with Crippen LogP contribution in [0.2, 0.25) is 0 Å². The summed E-state index contributed by atoms with van der Waals surface area (Å²) in [6.07, 6.45) is 1.56. The van der Waals surface area contributed by atoms with Crippen molar-refractivity contribution >= 4 is 16.9 Å². The van der Waals surface area contributed by atoms with Crippen LogP contribution in [0.15, 0.2) is 29.1 Å². The highest BCUT2D eigenvalue weighted by Crippen LogP contribution is 2.26. The molecule has 0 unspecified atom stereocenters. The van der Waals surface area contributed by atoms with Crippen molar-refractivity contribution < 1.29 is 9.18 Å². The van der Waals surface area contributed by atoms with Crippen molar-refractivity contribution in [1.29, 1.82) is 0 Å². The van der Waals surface area contributed by atoms with Gasteiger partial charge in [0.1, 0.15) is 11.5 Å². The van der Waals surface area contributed by atoms with Crippen LogP contribution in [0.1, 0.15) is 43.5 Å². The molecular weight excluding hydrogens is 383 g/mol. The highest BCUT2D eigenvalue weighted by atomic mass is 19.1. The average Bonchev–Trinajstić information content (AvgIpc) is 3.03. The van der Waals surface area contributed by atoms with Gasteiger partial charge in [-0.1, -0.05) is 19.9 Å². The van der Waals surface area contributed by atoms with Gasteiger partial charge in [0, 0.05) is 31.0 Å². The molecule has 30 heavy (non-hydrogen) atoms. The summed E-state index contributed by atoms with van der Waals surface area (Å²) in [5.74, 6) is 0.111. The minimum atomic E-state index is -0.365. The Morgan fingerprint density at radius 1 is 1.27 bits per heavy atom. The summed E-state index contributed by atoms with van der Waals surface area (Å²) >= 11 is 0. The Bertz CT molecular complexity index is 1140. The second-order valence-corrected chi connectivity index (χ2v) is 8.18. The van der Waals surface area contributed by atoms with Crippen molar-refractivity contribution in [2.24, 2.45) is 13.0 Å². The van der Waals surface area contributed by atoms with Gasteiger partial charge in [-0.15, -0.1) is 0 Å². The fourth-order valence-electron chi connectivity index (χ4n) is 3.78. The molecule has 2 aromatic heterocycles. The van der Waals surface area contributed by atoms with Crippen molar-refractivity contribution in [2.75, 3.05) is 6.54 Å². The minimum Gasteiger partial charge on any atom is -0.356 e. The van der Waals surface area contributed by atoms with E-state index in [1.807, 2.05) is 13.8 Å². The number of hydrogen-bond donors (Lipinski definition) is 1. The highest BCUT2D eigenvalue weighted by Gasteiger charge is 2.20. The van der Waals surface area contributed by atoms with E-state index in [2.05, 4.69) is 24.3 Å². The zero-order valence-electron chi connectivity index (χ0n) is 18.3. The van der Waals surface area contributed by atoms with Gasteiger partial charge in [-0.25, -0.2) is 9.07 Å². The molecule has 7 heteroatoms. The standard InChI is InChI=1S/C23H29FN4O2/c1-14(2)11-12-25-20(29)10-9-19-15(3)21-16(4)26-28(22(21)27(5)23(19)30)18-8-6-7-17(24)13-18/h6-8,13-14H,9-12H2,1-5H3,(H,25,29). The average molecular weight is 413 g/mol. The van der Waals surface area contributed by atoms with Gasteiger partial charge in [0.2, 0.25) is 5.91 Å². The van der Waals surface area contributed by atoms with Crippen LogP contribution in [0.4, 0.5) is 4.39 Å². The van der Waals surface area contributed by atoms with E-state index >= 15 is 0 Å². The predicted octanol–water partition coefficient (Wildman–Crippen LogP) is 3.58. The molecule has 0 radical (unpaired) electrons. The lowest BCUT2D eigenvalue weighted by atomic mass is 10.0. The quantitative estimate of drug-likeness (QED) is 0.645. The van der Waals surface area contributed by atoms with Crippen LogP contribution in [-0.2, 0) is 18.3 Å². The zero-order valence-corrected chi connectivity index (χ0v) is 18.3. The monoisotopic (exact) mass is 412 g/mol. The molecule has 0 fully saturated rings.